The second-order valence-corrected chi connectivity index (χ2v) is 6.06. The Kier molecular flexibility index (Phi) is 6.46. The van der Waals surface area contributed by atoms with Crippen molar-refractivity contribution in [1.29, 1.82) is 0 Å². The van der Waals surface area contributed by atoms with Crippen LogP contribution in [-0.2, 0) is 4.79 Å². The first-order valence-corrected chi connectivity index (χ1v) is 8.60. The lowest BCUT2D eigenvalue weighted by Crippen LogP contribution is -2.44. The molecule has 6 nitrogen and oxygen atoms in total. The van der Waals surface area contributed by atoms with Gasteiger partial charge in [0.2, 0.25) is 5.91 Å². The van der Waals surface area contributed by atoms with Crippen molar-refractivity contribution in [3.63, 3.8) is 0 Å². The lowest BCUT2D eigenvalue weighted by Gasteiger charge is -2.21. The van der Waals surface area contributed by atoms with E-state index in [-0.39, 0.29) is 18.0 Å². The Morgan fingerprint density at radius 2 is 2.04 bits per heavy atom. The third kappa shape index (κ3) is 4.63. The minimum absolute atomic E-state index is 0.0284. The highest BCUT2D eigenvalue weighted by Gasteiger charge is 2.32. The van der Waals surface area contributed by atoms with Gasteiger partial charge in [-0.2, -0.15) is 0 Å². The van der Waals surface area contributed by atoms with E-state index in [9.17, 15) is 9.59 Å². The van der Waals surface area contributed by atoms with Crippen molar-refractivity contribution in [2.75, 3.05) is 31.6 Å². The first-order chi connectivity index (χ1) is 11.5. The number of hydrogen-bond donors (Lipinski definition) is 1. The Labute approximate surface area is 143 Å². The average Bonchev–Trinajstić information content (AvgIpc) is 2.94. The number of rotatable bonds is 7. The van der Waals surface area contributed by atoms with Crippen LogP contribution in [0.1, 0.15) is 33.1 Å². The first-order valence-electron chi connectivity index (χ1n) is 8.60. The smallest absolute Gasteiger partial charge is 0.317 e. The van der Waals surface area contributed by atoms with Crippen LogP contribution in [0.4, 0.5) is 10.5 Å². The molecule has 0 aliphatic carbocycles. The van der Waals surface area contributed by atoms with Gasteiger partial charge < -0.3 is 19.9 Å². The molecular formula is C18H27N3O3. The summed E-state index contributed by atoms with van der Waals surface area (Å²) in [5.74, 6) is 0.816. The van der Waals surface area contributed by atoms with Crippen LogP contribution < -0.4 is 15.0 Å². The number of anilines is 1. The van der Waals surface area contributed by atoms with Crippen molar-refractivity contribution in [3.8, 4) is 5.75 Å². The minimum atomic E-state index is -0.152. The maximum atomic E-state index is 12.2. The van der Waals surface area contributed by atoms with Crippen molar-refractivity contribution in [2.45, 2.75) is 39.2 Å². The van der Waals surface area contributed by atoms with Crippen LogP contribution in [0.3, 0.4) is 0 Å². The summed E-state index contributed by atoms with van der Waals surface area (Å²) in [5.41, 5.74) is 0.833. The largest absolute Gasteiger partial charge is 0.494 e. The number of ether oxygens (including phenoxy) is 1. The monoisotopic (exact) mass is 333 g/mol. The number of nitrogens with one attached hydrogen (secondary N) is 1. The minimum Gasteiger partial charge on any atom is -0.494 e. The van der Waals surface area contributed by atoms with Crippen LogP contribution in [-0.4, -0.2) is 49.6 Å². The molecule has 3 amide bonds. The van der Waals surface area contributed by atoms with Gasteiger partial charge >= 0.3 is 6.03 Å². The highest BCUT2D eigenvalue weighted by atomic mass is 16.5. The summed E-state index contributed by atoms with van der Waals surface area (Å²) in [6.45, 7) is 5.87. The molecule has 1 heterocycles. The van der Waals surface area contributed by atoms with Crippen LogP contribution in [0.15, 0.2) is 24.3 Å². The average molecular weight is 333 g/mol. The molecule has 1 aliphatic rings. The van der Waals surface area contributed by atoms with E-state index in [1.165, 1.54) is 0 Å². The summed E-state index contributed by atoms with van der Waals surface area (Å²) >= 11 is 0. The Hall–Kier alpha value is -2.24. The van der Waals surface area contributed by atoms with Crippen LogP contribution in [0.2, 0.25) is 0 Å². The Bertz CT molecular complexity index is 559. The molecule has 6 heteroatoms. The Morgan fingerprint density at radius 1 is 1.33 bits per heavy atom. The van der Waals surface area contributed by atoms with Gasteiger partial charge in [0.05, 0.1) is 12.6 Å². The molecule has 0 aromatic heterocycles. The molecule has 24 heavy (non-hydrogen) atoms. The van der Waals surface area contributed by atoms with Crippen LogP contribution in [0.25, 0.3) is 0 Å². The number of benzene rings is 1. The molecule has 0 spiro atoms. The molecule has 1 atom stereocenters. The maximum Gasteiger partial charge on any atom is 0.317 e. The third-order valence-electron chi connectivity index (χ3n) is 4.11. The number of hydrogen-bond acceptors (Lipinski definition) is 3. The van der Waals surface area contributed by atoms with E-state index in [1.54, 1.807) is 16.8 Å². The fraction of sp³-hybridized carbons (Fsp3) is 0.556. The molecule has 1 aromatic carbocycles. The summed E-state index contributed by atoms with van der Waals surface area (Å²) in [6, 6.07) is 7.20. The normalized spacial score (nSPS) is 17.0. The predicted molar refractivity (Wildman–Crippen MR) is 94.4 cm³/mol. The first kappa shape index (κ1) is 18.1. The van der Waals surface area contributed by atoms with E-state index in [2.05, 4.69) is 12.2 Å². The topological polar surface area (TPSA) is 61.9 Å². The molecule has 1 fully saturated rings. The SMILES string of the molecule is CCCCN(C)C(=O)N[C@H]1CC(=O)N(c2ccc(OCC)cc2)C1. The summed E-state index contributed by atoms with van der Waals surface area (Å²) < 4.78 is 5.42. The van der Waals surface area contributed by atoms with Gasteiger partial charge in [-0.25, -0.2) is 4.79 Å². The number of urea groups is 1. The molecule has 1 N–H and O–H groups in total. The molecule has 1 saturated heterocycles. The quantitative estimate of drug-likeness (QED) is 0.834. The second kappa shape index (κ2) is 8.57. The summed E-state index contributed by atoms with van der Waals surface area (Å²) in [5, 5.41) is 2.95. The van der Waals surface area contributed by atoms with E-state index in [0.29, 0.717) is 19.6 Å². The van der Waals surface area contributed by atoms with Gasteiger partial charge in [0, 0.05) is 32.2 Å². The van der Waals surface area contributed by atoms with Crippen molar-refractivity contribution in [3.05, 3.63) is 24.3 Å². The second-order valence-electron chi connectivity index (χ2n) is 6.06. The molecule has 1 aliphatic heterocycles. The van der Waals surface area contributed by atoms with E-state index >= 15 is 0 Å². The lowest BCUT2D eigenvalue weighted by molar-refractivity contribution is -0.117. The maximum absolute atomic E-state index is 12.2. The van der Waals surface area contributed by atoms with Gasteiger partial charge in [-0.3, -0.25) is 4.79 Å². The van der Waals surface area contributed by atoms with Crippen LogP contribution in [0.5, 0.6) is 5.75 Å². The molecule has 1 aromatic rings. The third-order valence-corrected chi connectivity index (χ3v) is 4.11. The summed E-state index contributed by atoms with van der Waals surface area (Å²) in [6.07, 6.45) is 2.36. The zero-order valence-corrected chi connectivity index (χ0v) is 14.7. The van der Waals surface area contributed by atoms with Crippen molar-refractivity contribution >= 4 is 17.6 Å². The van der Waals surface area contributed by atoms with E-state index < -0.39 is 0 Å². The van der Waals surface area contributed by atoms with Crippen molar-refractivity contribution < 1.29 is 14.3 Å². The Morgan fingerprint density at radius 3 is 2.67 bits per heavy atom. The highest BCUT2D eigenvalue weighted by Crippen LogP contribution is 2.24. The number of amides is 3. The zero-order valence-electron chi connectivity index (χ0n) is 14.7. The van der Waals surface area contributed by atoms with Crippen molar-refractivity contribution in [2.24, 2.45) is 0 Å². The number of carbonyl (C=O) groups excluding carboxylic acids is 2. The lowest BCUT2D eigenvalue weighted by atomic mass is 10.2. The van der Waals surface area contributed by atoms with E-state index in [0.717, 1.165) is 30.8 Å². The van der Waals surface area contributed by atoms with Crippen LogP contribution in [0, 0.1) is 0 Å². The zero-order chi connectivity index (χ0) is 17.5. The standard InChI is InChI=1S/C18H27N3O3/c1-4-6-11-20(3)18(23)19-14-12-17(22)21(13-14)15-7-9-16(10-8-15)24-5-2/h7-10,14H,4-6,11-13H2,1-3H3,(H,19,23)/t14-/m0/s1. The van der Waals surface area contributed by atoms with Crippen molar-refractivity contribution in [1.82, 2.24) is 10.2 Å². The molecule has 0 bridgehead atoms. The Balaban J connectivity index is 1.91. The molecule has 132 valence electrons. The highest BCUT2D eigenvalue weighted by molar-refractivity contribution is 5.96. The number of nitrogens with zero attached hydrogens (tertiary/aromatic N) is 2. The van der Waals surface area contributed by atoms with E-state index in [1.807, 2.05) is 31.2 Å². The molecular weight excluding hydrogens is 306 g/mol. The van der Waals surface area contributed by atoms with Gasteiger partial charge in [0.1, 0.15) is 5.75 Å². The van der Waals surface area contributed by atoms with Crippen LogP contribution >= 0.6 is 0 Å². The number of carbonyl (C=O) groups is 2. The van der Waals surface area contributed by atoms with Gasteiger partial charge in [0.15, 0.2) is 0 Å². The van der Waals surface area contributed by atoms with Gasteiger partial charge in [0.25, 0.3) is 0 Å². The molecule has 0 saturated carbocycles. The van der Waals surface area contributed by atoms with E-state index in [4.69, 9.17) is 4.74 Å². The summed E-state index contributed by atoms with van der Waals surface area (Å²) in [4.78, 5) is 27.8. The summed E-state index contributed by atoms with van der Waals surface area (Å²) in [7, 11) is 1.78. The molecule has 0 unspecified atom stereocenters. The van der Waals surface area contributed by atoms with Gasteiger partial charge in [-0.15, -0.1) is 0 Å². The van der Waals surface area contributed by atoms with Gasteiger partial charge in [-0.05, 0) is 37.6 Å². The molecule has 2 rings (SSSR count). The fourth-order valence-electron chi connectivity index (χ4n) is 2.72. The number of unbranched alkanes of at least 4 members (excludes halogenated alkanes) is 1. The predicted octanol–water partition coefficient (Wildman–Crippen LogP) is 2.63. The molecule has 0 radical (unpaired) electrons. The van der Waals surface area contributed by atoms with Gasteiger partial charge in [-0.1, -0.05) is 13.3 Å². The fourth-order valence-corrected chi connectivity index (χ4v) is 2.72.